The lowest BCUT2D eigenvalue weighted by Crippen LogP contribution is -2.33. The van der Waals surface area contributed by atoms with E-state index in [1.54, 1.807) is 12.1 Å². The molecule has 2 aromatic carbocycles. The molecular formula is C24H27F3O. The highest BCUT2D eigenvalue weighted by Crippen LogP contribution is 2.47. The van der Waals surface area contributed by atoms with Crippen LogP contribution in [0, 0.1) is 29.3 Å². The fourth-order valence-electron chi connectivity index (χ4n) is 5.22. The molecule has 2 fully saturated rings. The van der Waals surface area contributed by atoms with Gasteiger partial charge < -0.3 is 4.74 Å². The molecule has 0 amide bonds. The number of hydrogen-bond acceptors (Lipinski definition) is 1. The Morgan fingerprint density at radius 1 is 0.821 bits per heavy atom. The van der Waals surface area contributed by atoms with E-state index in [0.717, 1.165) is 55.9 Å². The monoisotopic (exact) mass is 388 g/mol. The average Bonchev–Trinajstić information content (AvgIpc) is 2.70. The van der Waals surface area contributed by atoms with Crippen LogP contribution in [0.3, 0.4) is 0 Å². The van der Waals surface area contributed by atoms with Gasteiger partial charge in [0.15, 0.2) is 11.6 Å². The van der Waals surface area contributed by atoms with Crippen molar-refractivity contribution in [1.82, 2.24) is 0 Å². The van der Waals surface area contributed by atoms with Gasteiger partial charge in [0.1, 0.15) is 5.82 Å². The molecule has 0 saturated heterocycles. The van der Waals surface area contributed by atoms with Crippen molar-refractivity contribution in [2.75, 3.05) is 6.61 Å². The van der Waals surface area contributed by atoms with Crippen LogP contribution in [0.2, 0.25) is 0 Å². The van der Waals surface area contributed by atoms with Crippen LogP contribution in [-0.4, -0.2) is 12.7 Å². The van der Waals surface area contributed by atoms with Gasteiger partial charge in [-0.2, -0.15) is 0 Å². The third-order valence-corrected chi connectivity index (χ3v) is 6.66. The normalized spacial score (nSPS) is 27.4. The summed E-state index contributed by atoms with van der Waals surface area (Å²) in [7, 11) is 0. The molecular weight excluding hydrogens is 361 g/mol. The lowest BCUT2D eigenvalue weighted by Gasteiger charge is -2.42. The average molecular weight is 388 g/mol. The van der Waals surface area contributed by atoms with Gasteiger partial charge in [-0.3, -0.25) is 0 Å². The van der Waals surface area contributed by atoms with Crippen molar-refractivity contribution in [3.8, 4) is 11.1 Å². The molecule has 4 atom stereocenters. The highest BCUT2D eigenvalue weighted by molar-refractivity contribution is 5.64. The van der Waals surface area contributed by atoms with Crippen LogP contribution in [0.15, 0.2) is 36.4 Å². The minimum absolute atomic E-state index is 0.313. The Hall–Kier alpha value is -1.81. The van der Waals surface area contributed by atoms with Crippen molar-refractivity contribution in [2.24, 2.45) is 11.8 Å². The second kappa shape index (κ2) is 8.28. The maximum Gasteiger partial charge on any atom is 0.159 e. The highest BCUT2D eigenvalue weighted by atomic mass is 19.2. The molecule has 4 unspecified atom stereocenters. The lowest BCUT2D eigenvalue weighted by molar-refractivity contribution is -0.00956. The molecule has 1 nitrogen and oxygen atoms in total. The Bertz CT molecular complexity index is 835. The van der Waals surface area contributed by atoms with E-state index in [1.165, 1.54) is 18.9 Å². The van der Waals surface area contributed by atoms with Crippen LogP contribution in [-0.2, 0) is 4.74 Å². The first-order chi connectivity index (χ1) is 13.5. The Labute approximate surface area is 164 Å². The molecule has 150 valence electrons. The van der Waals surface area contributed by atoms with Gasteiger partial charge in [-0.1, -0.05) is 18.2 Å². The van der Waals surface area contributed by atoms with Crippen LogP contribution in [0.1, 0.15) is 56.9 Å². The first-order valence-electron chi connectivity index (χ1n) is 10.4. The lowest BCUT2D eigenvalue weighted by atomic mass is 9.65. The maximum atomic E-state index is 14.8. The minimum atomic E-state index is -0.957. The van der Waals surface area contributed by atoms with Crippen molar-refractivity contribution < 1.29 is 17.9 Å². The number of ether oxygens (including phenoxy) is 1. The van der Waals surface area contributed by atoms with E-state index in [1.807, 2.05) is 6.07 Å². The standard InChI is InChI=1S/C24H27F3O/c1-2-28-20-8-5-16-11-15(3-4-17(16)12-20)18-6-9-21(23(26)13-18)19-7-10-22(25)24(27)14-19/h6-7,9-10,13-17,20H,2-5,8,11-12H2,1H3. The third kappa shape index (κ3) is 3.98. The summed E-state index contributed by atoms with van der Waals surface area (Å²) in [5.74, 6) is -0.445. The van der Waals surface area contributed by atoms with Crippen molar-refractivity contribution in [3.05, 3.63) is 59.4 Å². The molecule has 0 N–H and O–H groups in total. The van der Waals surface area contributed by atoms with Crippen molar-refractivity contribution in [2.45, 2.75) is 57.5 Å². The predicted octanol–water partition coefficient (Wildman–Crippen LogP) is 6.86. The van der Waals surface area contributed by atoms with E-state index in [4.69, 9.17) is 4.74 Å². The number of hydrogen-bond donors (Lipinski definition) is 0. The Balaban J connectivity index is 1.47. The van der Waals surface area contributed by atoms with E-state index in [-0.39, 0.29) is 5.82 Å². The van der Waals surface area contributed by atoms with Gasteiger partial charge in [-0.05, 0) is 92.5 Å². The third-order valence-electron chi connectivity index (χ3n) is 6.66. The summed E-state index contributed by atoms with van der Waals surface area (Å²) in [6.07, 6.45) is 7.25. The minimum Gasteiger partial charge on any atom is -0.378 e. The molecule has 28 heavy (non-hydrogen) atoms. The van der Waals surface area contributed by atoms with Crippen LogP contribution in [0.5, 0.6) is 0 Å². The summed E-state index contributed by atoms with van der Waals surface area (Å²) < 4.78 is 47.2. The molecule has 2 aliphatic carbocycles. The maximum absolute atomic E-state index is 14.8. The Morgan fingerprint density at radius 2 is 1.61 bits per heavy atom. The van der Waals surface area contributed by atoms with Crippen LogP contribution >= 0.6 is 0 Å². The first kappa shape index (κ1) is 19.5. The first-order valence-corrected chi connectivity index (χ1v) is 10.4. The predicted molar refractivity (Wildman–Crippen MR) is 105 cm³/mol. The van der Waals surface area contributed by atoms with E-state index >= 15 is 0 Å². The van der Waals surface area contributed by atoms with Crippen LogP contribution in [0.4, 0.5) is 13.2 Å². The fraction of sp³-hybridized carbons (Fsp3) is 0.500. The molecule has 4 heteroatoms. The molecule has 4 rings (SSSR count). The zero-order valence-electron chi connectivity index (χ0n) is 16.3. The van der Waals surface area contributed by atoms with Crippen molar-refractivity contribution in [1.29, 1.82) is 0 Å². The van der Waals surface area contributed by atoms with Crippen molar-refractivity contribution >= 4 is 0 Å². The summed E-state index contributed by atoms with van der Waals surface area (Å²) >= 11 is 0. The zero-order valence-corrected chi connectivity index (χ0v) is 16.3. The van der Waals surface area contributed by atoms with E-state index in [9.17, 15) is 13.2 Å². The largest absolute Gasteiger partial charge is 0.378 e. The van der Waals surface area contributed by atoms with Crippen LogP contribution < -0.4 is 0 Å². The van der Waals surface area contributed by atoms with Gasteiger partial charge in [-0.25, -0.2) is 13.2 Å². The molecule has 0 aromatic heterocycles. The topological polar surface area (TPSA) is 9.23 Å². The summed E-state index contributed by atoms with van der Waals surface area (Å²) in [6, 6.07) is 8.76. The number of fused-ring (bicyclic) bond motifs is 1. The number of rotatable bonds is 4. The van der Waals surface area contributed by atoms with Gasteiger partial charge in [0.05, 0.1) is 6.10 Å². The second-order valence-electron chi connectivity index (χ2n) is 8.29. The summed E-state index contributed by atoms with van der Waals surface area (Å²) in [6.45, 7) is 2.84. The van der Waals surface area contributed by atoms with Crippen molar-refractivity contribution in [3.63, 3.8) is 0 Å². The fourth-order valence-corrected chi connectivity index (χ4v) is 5.22. The van der Waals surface area contributed by atoms with Gasteiger partial charge in [0.25, 0.3) is 0 Å². The quantitative estimate of drug-likeness (QED) is 0.556. The van der Waals surface area contributed by atoms with Gasteiger partial charge >= 0.3 is 0 Å². The molecule has 2 aromatic rings. The molecule has 0 spiro atoms. The zero-order chi connectivity index (χ0) is 19.7. The number of benzene rings is 2. The summed E-state index contributed by atoms with van der Waals surface area (Å²) in [5, 5.41) is 0. The highest BCUT2D eigenvalue weighted by Gasteiger charge is 2.36. The smallest absolute Gasteiger partial charge is 0.159 e. The summed E-state index contributed by atoms with van der Waals surface area (Å²) in [5.41, 5.74) is 1.70. The van der Waals surface area contributed by atoms with Gasteiger partial charge in [-0.15, -0.1) is 0 Å². The molecule has 2 aliphatic rings. The van der Waals surface area contributed by atoms with E-state index in [0.29, 0.717) is 29.1 Å². The van der Waals surface area contributed by atoms with Gasteiger partial charge in [0, 0.05) is 12.2 Å². The number of halogens is 3. The Kier molecular flexibility index (Phi) is 5.77. The molecule has 0 bridgehead atoms. The van der Waals surface area contributed by atoms with Gasteiger partial charge in [0.2, 0.25) is 0 Å². The second-order valence-corrected chi connectivity index (χ2v) is 8.29. The summed E-state index contributed by atoms with van der Waals surface area (Å²) in [4.78, 5) is 0. The molecule has 0 radical (unpaired) electrons. The Morgan fingerprint density at radius 3 is 2.36 bits per heavy atom. The molecule has 2 saturated carbocycles. The molecule has 0 heterocycles. The molecule has 0 aliphatic heterocycles. The van der Waals surface area contributed by atoms with E-state index < -0.39 is 11.6 Å². The van der Waals surface area contributed by atoms with E-state index in [2.05, 4.69) is 6.92 Å². The van der Waals surface area contributed by atoms with Crippen LogP contribution in [0.25, 0.3) is 11.1 Å². The SMILES string of the molecule is CCOC1CCC2CC(c3ccc(-c4ccc(F)c(F)c4)c(F)c3)CCC2C1.